The summed E-state index contributed by atoms with van der Waals surface area (Å²) in [6, 6.07) is 6.89. The Morgan fingerprint density at radius 3 is 2.62 bits per heavy atom. The zero-order chi connectivity index (χ0) is 24.4. The van der Waals surface area contributed by atoms with E-state index in [-0.39, 0.29) is 35.7 Å². The molecule has 11 heteroatoms. The monoisotopic (exact) mass is 468 g/mol. The second-order valence-corrected chi connectivity index (χ2v) is 8.00. The number of rotatable bonds is 8. The molecule has 1 N–H and O–H groups in total. The first kappa shape index (κ1) is 23.0. The van der Waals surface area contributed by atoms with Crippen molar-refractivity contribution >= 4 is 11.8 Å². The Hall–Kier alpha value is -4.15. The number of carbonyl (C=O) groups is 1. The van der Waals surface area contributed by atoms with E-state index in [2.05, 4.69) is 20.1 Å². The number of likely N-dealkylation sites (N-methyl/N-ethyl adjacent to an activating group) is 1. The molecule has 0 aliphatic carbocycles. The average molecular weight is 468 g/mol. The summed E-state index contributed by atoms with van der Waals surface area (Å²) in [7, 11) is 1.46. The SMILES string of the molecule is CC(C)C(C(=O)O)N(C)c1nc(-c2cc(-c3ncco3)n(Cc3ccccc3F)n2)ncc1F. The highest BCUT2D eigenvalue weighted by Crippen LogP contribution is 2.27. The summed E-state index contributed by atoms with van der Waals surface area (Å²) in [5.41, 5.74) is 1.10. The molecular weight excluding hydrogens is 446 g/mol. The molecule has 0 radical (unpaired) electrons. The normalized spacial score (nSPS) is 12.2. The van der Waals surface area contributed by atoms with Crippen molar-refractivity contribution in [2.24, 2.45) is 5.92 Å². The van der Waals surface area contributed by atoms with Gasteiger partial charge in [-0.25, -0.2) is 28.5 Å². The molecule has 0 saturated heterocycles. The molecule has 0 saturated carbocycles. The summed E-state index contributed by atoms with van der Waals surface area (Å²) in [6.07, 6.45) is 3.83. The van der Waals surface area contributed by atoms with E-state index in [1.54, 1.807) is 38.1 Å². The fourth-order valence-electron chi connectivity index (χ4n) is 3.72. The highest BCUT2D eigenvalue weighted by molar-refractivity contribution is 5.78. The molecule has 0 aliphatic rings. The lowest BCUT2D eigenvalue weighted by molar-refractivity contribution is -0.139. The van der Waals surface area contributed by atoms with Gasteiger partial charge in [-0.2, -0.15) is 5.10 Å². The maximum atomic E-state index is 14.6. The number of aliphatic carboxylic acids is 1. The van der Waals surface area contributed by atoms with Gasteiger partial charge < -0.3 is 14.4 Å². The van der Waals surface area contributed by atoms with E-state index < -0.39 is 23.6 Å². The van der Waals surface area contributed by atoms with E-state index in [1.165, 1.54) is 35.2 Å². The molecule has 1 aromatic carbocycles. The zero-order valence-electron chi connectivity index (χ0n) is 18.7. The van der Waals surface area contributed by atoms with Crippen molar-refractivity contribution in [3.8, 4) is 23.1 Å². The van der Waals surface area contributed by atoms with Crippen LogP contribution in [0.3, 0.4) is 0 Å². The number of anilines is 1. The van der Waals surface area contributed by atoms with Gasteiger partial charge in [-0.05, 0) is 12.0 Å². The third-order valence-corrected chi connectivity index (χ3v) is 5.30. The Balaban J connectivity index is 1.77. The minimum atomic E-state index is -1.10. The van der Waals surface area contributed by atoms with Crippen LogP contribution in [-0.4, -0.2) is 48.9 Å². The van der Waals surface area contributed by atoms with Crippen molar-refractivity contribution < 1.29 is 23.1 Å². The molecular formula is C23H22F2N6O3. The zero-order valence-corrected chi connectivity index (χ0v) is 18.7. The van der Waals surface area contributed by atoms with Gasteiger partial charge in [-0.1, -0.05) is 32.0 Å². The number of hydrogen-bond acceptors (Lipinski definition) is 7. The molecule has 34 heavy (non-hydrogen) atoms. The standard InChI is InChI=1S/C23H22F2N6O3/c1-13(2)19(23(32)33)30(3)21-16(25)11-27-20(28-21)17-10-18(22-26-8-9-34-22)31(29-17)12-14-6-4-5-7-15(14)24/h4-11,13,19H,12H2,1-3H3,(H,32,33). The first-order valence-electron chi connectivity index (χ1n) is 10.5. The van der Waals surface area contributed by atoms with Gasteiger partial charge in [0.1, 0.15) is 29.5 Å². The summed E-state index contributed by atoms with van der Waals surface area (Å²) in [4.78, 5) is 25.4. The van der Waals surface area contributed by atoms with Gasteiger partial charge in [-0.15, -0.1) is 0 Å². The Bertz CT molecular complexity index is 1310. The molecule has 4 aromatic rings. The van der Waals surface area contributed by atoms with Crippen molar-refractivity contribution in [3.05, 3.63) is 66.2 Å². The number of carboxylic acid groups (broad SMARTS) is 1. The van der Waals surface area contributed by atoms with Crippen molar-refractivity contribution in [2.75, 3.05) is 11.9 Å². The predicted molar refractivity (Wildman–Crippen MR) is 119 cm³/mol. The van der Waals surface area contributed by atoms with Gasteiger partial charge in [0.2, 0.25) is 5.89 Å². The van der Waals surface area contributed by atoms with Crippen LogP contribution in [0.4, 0.5) is 14.6 Å². The quantitative estimate of drug-likeness (QED) is 0.415. The molecule has 0 aliphatic heterocycles. The Morgan fingerprint density at radius 2 is 1.97 bits per heavy atom. The van der Waals surface area contributed by atoms with Crippen LogP contribution >= 0.6 is 0 Å². The number of halogens is 2. The van der Waals surface area contributed by atoms with Crippen LogP contribution in [-0.2, 0) is 11.3 Å². The summed E-state index contributed by atoms with van der Waals surface area (Å²) in [6.45, 7) is 3.53. The third kappa shape index (κ3) is 4.49. The molecule has 0 spiro atoms. The average Bonchev–Trinajstić information content (AvgIpc) is 3.45. The topological polar surface area (TPSA) is 110 Å². The number of benzene rings is 1. The molecule has 3 aromatic heterocycles. The fourth-order valence-corrected chi connectivity index (χ4v) is 3.72. The Morgan fingerprint density at radius 1 is 1.21 bits per heavy atom. The lowest BCUT2D eigenvalue weighted by atomic mass is 10.0. The number of hydrogen-bond donors (Lipinski definition) is 1. The van der Waals surface area contributed by atoms with Gasteiger partial charge >= 0.3 is 5.97 Å². The molecule has 9 nitrogen and oxygen atoms in total. The molecule has 176 valence electrons. The first-order valence-corrected chi connectivity index (χ1v) is 10.5. The van der Waals surface area contributed by atoms with Gasteiger partial charge in [-0.3, -0.25) is 4.68 Å². The van der Waals surface area contributed by atoms with Gasteiger partial charge in [0.15, 0.2) is 17.5 Å². The second-order valence-electron chi connectivity index (χ2n) is 8.00. The van der Waals surface area contributed by atoms with E-state index in [0.717, 1.165) is 6.20 Å². The molecule has 1 unspecified atom stereocenters. The van der Waals surface area contributed by atoms with E-state index in [9.17, 15) is 18.7 Å². The third-order valence-electron chi connectivity index (χ3n) is 5.30. The molecule has 3 heterocycles. The van der Waals surface area contributed by atoms with Crippen LogP contribution in [0.5, 0.6) is 0 Å². The lowest BCUT2D eigenvalue weighted by Crippen LogP contribution is -2.43. The van der Waals surface area contributed by atoms with Crippen LogP contribution < -0.4 is 4.90 Å². The summed E-state index contributed by atoms with van der Waals surface area (Å²) in [5, 5.41) is 14.1. The van der Waals surface area contributed by atoms with Crippen LogP contribution in [0, 0.1) is 17.6 Å². The molecule has 0 amide bonds. The largest absolute Gasteiger partial charge is 0.480 e. The van der Waals surface area contributed by atoms with E-state index in [1.807, 2.05) is 0 Å². The minimum absolute atomic E-state index is 0.0660. The van der Waals surface area contributed by atoms with E-state index >= 15 is 0 Å². The number of aromatic nitrogens is 5. The van der Waals surface area contributed by atoms with E-state index in [0.29, 0.717) is 11.3 Å². The number of carboxylic acids is 1. The Labute approximate surface area is 193 Å². The minimum Gasteiger partial charge on any atom is -0.480 e. The molecule has 0 bridgehead atoms. The smallest absolute Gasteiger partial charge is 0.326 e. The first-order chi connectivity index (χ1) is 16.3. The molecule has 0 fully saturated rings. The van der Waals surface area contributed by atoms with Crippen LogP contribution in [0.1, 0.15) is 19.4 Å². The summed E-state index contributed by atoms with van der Waals surface area (Å²) >= 11 is 0. The highest BCUT2D eigenvalue weighted by atomic mass is 19.1. The second kappa shape index (κ2) is 9.38. The highest BCUT2D eigenvalue weighted by Gasteiger charge is 2.29. The van der Waals surface area contributed by atoms with Crippen LogP contribution in [0.15, 0.2) is 53.4 Å². The van der Waals surface area contributed by atoms with Crippen molar-refractivity contribution in [1.29, 1.82) is 0 Å². The lowest BCUT2D eigenvalue weighted by Gasteiger charge is -2.28. The van der Waals surface area contributed by atoms with Gasteiger partial charge in [0.05, 0.1) is 18.9 Å². The number of nitrogens with zero attached hydrogens (tertiary/aromatic N) is 6. The summed E-state index contributed by atoms with van der Waals surface area (Å²) in [5.74, 6) is -2.43. The maximum absolute atomic E-state index is 14.6. The van der Waals surface area contributed by atoms with Gasteiger partial charge in [0, 0.05) is 18.7 Å². The van der Waals surface area contributed by atoms with Crippen molar-refractivity contribution in [2.45, 2.75) is 26.4 Å². The van der Waals surface area contributed by atoms with Crippen LogP contribution in [0.2, 0.25) is 0 Å². The van der Waals surface area contributed by atoms with Gasteiger partial charge in [0.25, 0.3) is 0 Å². The fraction of sp³-hybridized carbons (Fsp3) is 0.261. The van der Waals surface area contributed by atoms with Crippen molar-refractivity contribution in [3.63, 3.8) is 0 Å². The molecule has 4 rings (SSSR count). The van der Waals surface area contributed by atoms with Crippen molar-refractivity contribution in [1.82, 2.24) is 24.7 Å². The Kier molecular flexibility index (Phi) is 6.35. The van der Waals surface area contributed by atoms with Crippen LogP contribution in [0.25, 0.3) is 23.1 Å². The molecule has 1 atom stereocenters. The maximum Gasteiger partial charge on any atom is 0.326 e. The van der Waals surface area contributed by atoms with E-state index in [4.69, 9.17) is 4.42 Å². The number of oxazole rings is 1. The predicted octanol–water partition coefficient (Wildman–Crippen LogP) is 3.87. The summed E-state index contributed by atoms with van der Waals surface area (Å²) < 4.78 is 35.8.